The van der Waals surface area contributed by atoms with Crippen molar-refractivity contribution >= 4 is 23.6 Å². The van der Waals surface area contributed by atoms with Crippen molar-refractivity contribution in [3.05, 3.63) is 17.1 Å². The molecular weight excluding hydrogens is 278 g/mol. The number of aryl methyl sites for hydroxylation is 2. The lowest BCUT2D eigenvalue weighted by atomic mass is 10.0. The van der Waals surface area contributed by atoms with Crippen LogP contribution in [-0.2, 0) is 4.79 Å². The zero-order valence-electron chi connectivity index (χ0n) is 12.5. The predicted molar refractivity (Wildman–Crippen MR) is 77.1 cm³/mol. The molecule has 0 bridgehead atoms. The molecule has 0 aliphatic heterocycles. The molecule has 1 rings (SSSR count). The number of carbonyl (C=O) groups excluding carboxylic acids is 1. The highest BCUT2D eigenvalue weighted by molar-refractivity contribution is 7.98. The third-order valence-corrected chi connectivity index (χ3v) is 3.92. The van der Waals surface area contributed by atoms with Gasteiger partial charge in [-0.25, -0.2) is 14.8 Å². The molecule has 1 N–H and O–H groups in total. The van der Waals surface area contributed by atoms with E-state index in [-0.39, 0.29) is 5.91 Å². The van der Waals surface area contributed by atoms with E-state index in [4.69, 9.17) is 0 Å². The van der Waals surface area contributed by atoms with E-state index >= 15 is 0 Å². The van der Waals surface area contributed by atoms with E-state index in [0.29, 0.717) is 22.1 Å². The van der Waals surface area contributed by atoms with E-state index in [2.05, 4.69) is 9.97 Å². The lowest BCUT2D eigenvalue weighted by Crippen LogP contribution is -2.51. The minimum atomic E-state index is -1.30. The molecule has 1 amide bonds. The smallest absolute Gasteiger partial charge is 0.329 e. The van der Waals surface area contributed by atoms with Crippen molar-refractivity contribution in [3.63, 3.8) is 0 Å². The molecule has 1 aromatic rings. The fourth-order valence-electron chi connectivity index (χ4n) is 1.64. The molecule has 20 heavy (non-hydrogen) atoms. The van der Waals surface area contributed by atoms with Crippen LogP contribution in [-0.4, -0.2) is 50.7 Å². The Balaban J connectivity index is 3.32. The first-order valence-corrected chi connectivity index (χ1v) is 7.26. The Labute approximate surface area is 122 Å². The Morgan fingerprint density at radius 3 is 2.25 bits per heavy atom. The van der Waals surface area contributed by atoms with Gasteiger partial charge in [0.2, 0.25) is 0 Å². The Bertz CT molecular complexity index is 558. The maximum atomic E-state index is 12.6. The summed E-state index contributed by atoms with van der Waals surface area (Å²) in [7, 11) is 1.47. The molecule has 1 heterocycles. The van der Waals surface area contributed by atoms with Gasteiger partial charge in [-0.05, 0) is 34.0 Å². The summed E-state index contributed by atoms with van der Waals surface area (Å²) in [4.78, 5) is 33.5. The highest BCUT2D eigenvalue weighted by Gasteiger charge is 2.37. The van der Waals surface area contributed by atoms with Crippen LogP contribution in [0.3, 0.4) is 0 Å². The summed E-state index contributed by atoms with van der Waals surface area (Å²) in [5, 5.41) is 9.78. The highest BCUT2D eigenvalue weighted by Crippen LogP contribution is 2.24. The van der Waals surface area contributed by atoms with Crippen molar-refractivity contribution in [1.29, 1.82) is 0 Å². The molecule has 0 spiro atoms. The topological polar surface area (TPSA) is 83.4 Å². The van der Waals surface area contributed by atoms with Gasteiger partial charge >= 0.3 is 5.97 Å². The number of nitrogens with zero attached hydrogens (tertiary/aromatic N) is 3. The van der Waals surface area contributed by atoms with E-state index in [9.17, 15) is 14.7 Å². The number of aliphatic carboxylic acids is 1. The Kier molecular flexibility index (Phi) is 4.75. The lowest BCUT2D eigenvalue weighted by molar-refractivity contribution is -0.147. The molecule has 6 nitrogen and oxygen atoms in total. The van der Waals surface area contributed by atoms with E-state index < -0.39 is 11.5 Å². The van der Waals surface area contributed by atoms with Gasteiger partial charge in [0.25, 0.3) is 5.91 Å². The van der Waals surface area contributed by atoms with Gasteiger partial charge in [-0.1, -0.05) is 0 Å². The van der Waals surface area contributed by atoms with Crippen LogP contribution in [0.25, 0.3) is 0 Å². The SMILES string of the molecule is CSc1nc(C)nc(C)c1C(=O)N(C)C(C)(C)C(=O)O. The number of hydrogen-bond donors (Lipinski definition) is 1. The maximum Gasteiger partial charge on any atom is 0.329 e. The van der Waals surface area contributed by atoms with Crippen LogP contribution in [0, 0.1) is 13.8 Å². The summed E-state index contributed by atoms with van der Waals surface area (Å²) in [6, 6.07) is 0. The van der Waals surface area contributed by atoms with Gasteiger partial charge in [0.15, 0.2) is 0 Å². The van der Waals surface area contributed by atoms with E-state index in [1.807, 2.05) is 6.26 Å². The second kappa shape index (κ2) is 5.78. The van der Waals surface area contributed by atoms with Crippen LogP contribution in [0.4, 0.5) is 0 Å². The zero-order valence-corrected chi connectivity index (χ0v) is 13.3. The minimum absolute atomic E-state index is 0.361. The summed E-state index contributed by atoms with van der Waals surface area (Å²) in [5.74, 6) is -0.868. The Morgan fingerprint density at radius 1 is 1.25 bits per heavy atom. The van der Waals surface area contributed by atoms with Gasteiger partial charge in [0, 0.05) is 7.05 Å². The molecular formula is C13H19N3O3S. The number of amides is 1. The second-order valence-electron chi connectivity index (χ2n) is 4.97. The summed E-state index contributed by atoms with van der Waals surface area (Å²) in [6.45, 7) is 6.45. The lowest BCUT2D eigenvalue weighted by Gasteiger charge is -2.32. The Morgan fingerprint density at radius 2 is 1.80 bits per heavy atom. The van der Waals surface area contributed by atoms with Crippen LogP contribution in [0.2, 0.25) is 0 Å². The Hall–Kier alpha value is -1.63. The highest BCUT2D eigenvalue weighted by atomic mass is 32.2. The number of rotatable bonds is 4. The van der Waals surface area contributed by atoms with Gasteiger partial charge in [0.05, 0.1) is 11.3 Å². The molecule has 0 saturated heterocycles. The summed E-state index contributed by atoms with van der Waals surface area (Å²) in [6.07, 6.45) is 1.82. The molecule has 0 aliphatic carbocycles. The van der Waals surface area contributed by atoms with Gasteiger partial charge in [0.1, 0.15) is 16.4 Å². The molecule has 0 radical (unpaired) electrons. The van der Waals surface area contributed by atoms with Crippen LogP contribution >= 0.6 is 11.8 Å². The van der Waals surface area contributed by atoms with Crippen LogP contribution in [0.5, 0.6) is 0 Å². The summed E-state index contributed by atoms with van der Waals surface area (Å²) < 4.78 is 0. The number of thioether (sulfide) groups is 1. The van der Waals surface area contributed by atoms with E-state index in [1.165, 1.54) is 37.6 Å². The molecule has 1 aromatic heterocycles. The number of carboxylic acid groups (broad SMARTS) is 1. The minimum Gasteiger partial charge on any atom is -0.480 e. The summed E-state index contributed by atoms with van der Waals surface area (Å²) >= 11 is 1.34. The van der Waals surface area contributed by atoms with Crippen LogP contribution in [0.15, 0.2) is 5.03 Å². The molecule has 0 unspecified atom stereocenters. The van der Waals surface area contributed by atoms with E-state index in [1.54, 1.807) is 13.8 Å². The van der Waals surface area contributed by atoms with Crippen molar-refractivity contribution < 1.29 is 14.7 Å². The first kappa shape index (κ1) is 16.4. The zero-order chi connectivity index (χ0) is 15.7. The first-order chi connectivity index (χ1) is 9.12. The average Bonchev–Trinajstić information content (AvgIpc) is 2.35. The number of carbonyl (C=O) groups is 2. The monoisotopic (exact) mass is 297 g/mol. The fraction of sp³-hybridized carbons (Fsp3) is 0.538. The van der Waals surface area contributed by atoms with Gasteiger partial charge < -0.3 is 10.0 Å². The van der Waals surface area contributed by atoms with Crippen molar-refractivity contribution in [2.24, 2.45) is 0 Å². The quantitative estimate of drug-likeness (QED) is 0.673. The van der Waals surface area contributed by atoms with Crippen LogP contribution in [0.1, 0.15) is 35.7 Å². The molecule has 0 atom stereocenters. The third-order valence-electron chi connectivity index (χ3n) is 3.24. The van der Waals surface area contributed by atoms with Gasteiger partial charge in [-0.3, -0.25) is 4.79 Å². The number of likely N-dealkylation sites (N-methyl/N-ethyl adjacent to an activating group) is 1. The molecule has 0 saturated carbocycles. The normalized spacial score (nSPS) is 11.3. The maximum absolute atomic E-state index is 12.6. The molecule has 110 valence electrons. The van der Waals surface area contributed by atoms with Crippen LogP contribution < -0.4 is 0 Å². The second-order valence-corrected chi connectivity index (χ2v) is 5.76. The van der Waals surface area contributed by atoms with Crippen molar-refractivity contribution in [2.45, 2.75) is 38.3 Å². The third kappa shape index (κ3) is 2.92. The summed E-state index contributed by atoms with van der Waals surface area (Å²) in [5.41, 5.74) is -0.385. The van der Waals surface area contributed by atoms with Crippen molar-refractivity contribution in [3.8, 4) is 0 Å². The largest absolute Gasteiger partial charge is 0.480 e. The van der Waals surface area contributed by atoms with Gasteiger partial charge in [-0.2, -0.15) is 0 Å². The molecule has 0 aliphatic rings. The molecule has 0 fully saturated rings. The average molecular weight is 297 g/mol. The number of carboxylic acids is 1. The molecule has 7 heteroatoms. The van der Waals surface area contributed by atoms with Crippen molar-refractivity contribution in [1.82, 2.24) is 14.9 Å². The standard InChI is InChI=1S/C13H19N3O3S/c1-7-9(10(20-6)15-8(2)14-7)11(17)16(5)13(3,4)12(18)19/h1-6H3,(H,18,19). The van der Waals surface area contributed by atoms with Gasteiger partial charge in [-0.15, -0.1) is 11.8 Å². The molecule has 0 aromatic carbocycles. The predicted octanol–water partition coefficient (Wildman–Crippen LogP) is 1.75. The fourth-order valence-corrected chi connectivity index (χ4v) is 2.30. The van der Waals surface area contributed by atoms with E-state index in [0.717, 1.165) is 0 Å². The number of aromatic nitrogens is 2. The first-order valence-electron chi connectivity index (χ1n) is 6.03. The van der Waals surface area contributed by atoms with Crippen molar-refractivity contribution in [2.75, 3.05) is 13.3 Å². The number of hydrogen-bond acceptors (Lipinski definition) is 5.